The van der Waals surface area contributed by atoms with E-state index in [0.717, 1.165) is 5.56 Å². The smallest absolute Gasteiger partial charge is 0.335 e. The van der Waals surface area contributed by atoms with E-state index in [4.69, 9.17) is 5.11 Å². The molecule has 0 amide bonds. The molecule has 1 aromatic carbocycles. The van der Waals surface area contributed by atoms with E-state index < -0.39 is 16.0 Å². The number of pyridine rings is 1. The van der Waals surface area contributed by atoms with Crippen molar-refractivity contribution in [1.29, 1.82) is 0 Å². The van der Waals surface area contributed by atoms with Crippen LogP contribution in [0.1, 0.15) is 27.2 Å². The Kier molecular flexibility index (Phi) is 4.58. The molecule has 7 heteroatoms. The Morgan fingerprint density at radius 1 is 1.23 bits per heavy atom. The third-order valence-corrected chi connectivity index (χ3v) is 4.68. The Hall–Kier alpha value is -2.25. The van der Waals surface area contributed by atoms with Crippen LogP contribution in [0.3, 0.4) is 0 Å². The number of aromatic nitrogens is 1. The highest BCUT2D eigenvalue weighted by Gasteiger charge is 2.17. The minimum absolute atomic E-state index is 0.0657. The first-order valence-electron chi connectivity index (χ1n) is 6.55. The van der Waals surface area contributed by atoms with E-state index in [1.807, 2.05) is 13.0 Å². The number of aromatic carboxylic acids is 1. The maximum Gasteiger partial charge on any atom is 0.335 e. The van der Waals surface area contributed by atoms with Gasteiger partial charge in [0.15, 0.2) is 0 Å². The Morgan fingerprint density at radius 2 is 1.95 bits per heavy atom. The van der Waals surface area contributed by atoms with Gasteiger partial charge < -0.3 is 5.11 Å². The van der Waals surface area contributed by atoms with E-state index in [0.29, 0.717) is 11.3 Å². The second-order valence-electron chi connectivity index (χ2n) is 4.93. The summed E-state index contributed by atoms with van der Waals surface area (Å²) < 4.78 is 27.1. The molecule has 0 saturated heterocycles. The molecule has 0 aliphatic rings. The van der Waals surface area contributed by atoms with Crippen LogP contribution in [0, 0.1) is 13.8 Å². The summed E-state index contributed by atoms with van der Waals surface area (Å²) in [5.74, 6) is -1.08. The minimum Gasteiger partial charge on any atom is -0.478 e. The maximum absolute atomic E-state index is 12.3. The highest BCUT2D eigenvalue weighted by molar-refractivity contribution is 7.89. The Balaban J connectivity index is 2.21. The number of carboxylic acid groups (broad SMARTS) is 1. The first kappa shape index (κ1) is 16.1. The maximum atomic E-state index is 12.3. The fourth-order valence-electron chi connectivity index (χ4n) is 1.95. The van der Waals surface area contributed by atoms with E-state index >= 15 is 0 Å². The molecule has 0 bridgehead atoms. The molecule has 2 N–H and O–H groups in total. The number of nitrogens with one attached hydrogen (secondary N) is 1. The van der Waals surface area contributed by atoms with Gasteiger partial charge in [0.2, 0.25) is 10.0 Å². The van der Waals surface area contributed by atoms with Crippen LogP contribution in [-0.4, -0.2) is 24.5 Å². The number of rotatable bonds is 5. The van der Waals surface area contributed by atoms with Crippen molar-refractivity contribution in [3.8, 4) is 0 Å². The molecule has 116 valence electrons. The van der Waals surface area contributed by atoms with E-state index in [2.05, 4.69) is 9.71 Å². The number of carboxylic acids is 1. The molecular weight excluding hydrogens is 304 g/mol. The predicted molar refractivity (Wildman–Crippen MR) is 81.1 cm³/mol. The first-order chi connectivity index (χ1) is 10.3. The zero-order chi connectivity index (χ0) is 16.3. The summed E-state index contributed by atoms with van der Waals surface area (Å²) in [5.41, 5.74) is 1.90. The molecule has 0 atom stereocenters. The van der Waals surface area contributed by atoms with Gasteiger partial charge in [0.25, 0.3) is 0 Å². The number of hydrogen-bond acceptors (Lipinski definition) is 4. The van der Waals surface area contributed by atoms with E-state index in [9.17, 15) is 13.2 Å². The summed E-state index contributed by atoms with van der Waals surface area (Å²) in [5, 5.41) is 8.92. The zero-order valence-electron chi connectivity index (χ0n) is 12.2. The molecule has 0 unspecified atom stereocenters. The standard InChI is InChI=1S/C15H16N2O4S/c1-10-3-4-11(2)14(7-10)22(20,21)17-9-13-8-12(15(18)19)5-6-16-13/h3-8,17H,9H2,1-2H3,(H,18,19). The average molecular weight is 320 g/mol. The van der Waals surface area contributed by atoms with Crippen LogP contribution in [-0.2, 0) is 16.6 Å². The summed E-state index contributed by atoms with van der Waals surface area (Å²) in [4.78, 5) is 15.1. The fourth-order valence-corrected chi connectivity index (χ4v) is 3.28. The van der Waals surface area contributed by atoms with Crippen molar-refractivity contribution in [2.75, 3.05) is 0 Å². The van der Waals surface area contributed by atoms with Crippen LogP contribution in [0.5, 0.6) is 0 Å². The van der Waals surface area contributed by atoms with Gasteiger partial charge in [-0.1, -0.05) is 12.1 Å². The summed E-state index contributed by atoms with van der Waals surface area (Å²) in [6.45, 7) is 3.46. The number of benzene rings is 1. The second kappa shape index (κ2) is 6.25. The van der Waals surface area contributed by atoms with Crippen molar-refractivity contribution < 1.29 is 18.3 Å². The fraction of sp³-hybridized carbons (Fsp3) is 0.200. The van der Waals surface area contributed by atoms with Gasteiger partial charge in [-0.25, -0.2) is 17.9 Å². The van der Waals surface area contributed by atoms with Crippen LogP contribution in [0.4, 0.5) is 0 Å². The largest absolute Gasteiger partial charge is 0.478 e. The molecule has 2 rings (SSSR count). The lowest BCUT2D eigenvalue weighted by Crippen LogP contribution is -2.24. The van der Waals surface area contributed by atoms with Gasteiger partial charge in [0.1, 0.15) is 0 Å². The zero-order valence-corrected chi connectivity index (χ0v) is 13.0. The van der Waals surface area contributed by atoms with Gasteiger partial charge in [-0.05, 0) is 43.2 Å². The first-order valence-corrected chi connectivity index (χ1v) is 8.03. The van der Waals surface area contributed by atoms with E-state index in [1.165, 1.54) is 18.3 Å². The molecular formula is C15H16N2O4S. The number of aryl methyl sites for hydroxylation is 2. The minimum atomic E-state index is -3.68. The third kappa shape index (κ3) is 3.69. The van der Waals surface area contributed by atoms with Crippen LogP contribution in [0.15, 0.2) is 41.4 Å². The summed E-state index contributed by atoms with van der Waals surface area (Å²) in [6.07, 6.45) is 1.34. The SMILES string of the molecule is Cc1ccc(C)c(S(=O)(=O)NCc2cc(C(=O)O)ccn2)c1. The van der Waals surface area contributed by atoms with Crippen molar-refractivity contribution in [1.82, 2.24) is 9.71 Å². The molecule has 0 saturated carbocycles. The van der Waals surface area contributed by atoms with Gasteiger partial charge in [-0.3, -0.25) is 4.98 Å². The Labute approximate surface area is 128 Å². The highest BCUT2D eigenvalue weighted by Crippen LogP contribution is 2.16. The molecule has 0 aliphatic heterocycles. The normalized spacial score (nSPS) is 11.4. The van der Waals surface area contributed by atoms with Crippen molar-refractivity contribution >= 4 is 16.0 Å². The van der Waals surface area contributed by atoms with Gasteiger partial charge in [-0.15, -0.1) is 0 Å². The van der Waals surface area contributed by atoms with Crippen LogP contribution in [0.25, 0.3) is 0 Å². The van der Waals surface area contributed by atoms with Gasteiger partial charge in [-0.2, -0.15) is 0 Å². The summed E-state index contributed by atoms with van der Waals surface area (Å²) in [7, 11) is -3.68. The van der Waals surface area contributed by atoms with E-state index in [1.54, 1.807) is 19.1 Å². The second-order valence-corrected chi connectivity index (χ2v) is 6.67. The van der Waals surface area contributed by atoms with Crippen LogP contribution < -0.4 is 4.72 Å². The van der Waals surface area contributed by atoms with Crippen LogP contribution in [0.2, 0.25) is 0 Å². The third-order valence-electron chi connectivity index (χ3n) is 3.14. The van der Waals surface area contributed by atoms with Crippen LogP contribution >= 0.6 is 0 Å². The van der Waals surface area contributed by atoms with Crippen molar-refractivity contribution in [3.63, 3.8) is 0 Å². The quantitative estimate of drug-likeness (QED) is 0.877. The van der Waals surface area contributed by atoms with Gasteiger partial charge in [0.05, 0.1) is 22.7 Å². The lowest BCUT2D eigenvalue weighted by atomic mass is 10.2. The molecule has 1 heterocycles. The van der Waals surface area contributed by atoms with Gasteiger partial charge >= 0.3 is 5.97 Å². The monoisotopic (exact) mass is 320 g/mol. The summed E-state index contributed by atoms with van der Waals surface area (Å²) in [6, 6.07) is 7.87. The molecule has 1 aromatic heterocycles. The lowest BCUT2D eigenvalue weighted by molar-refractivity contribution is 0.0696. The average Bonchev–Trinajstić information content (AvgIpc) is 2.48. The van der Waals surface area contributed by atoms with E-state index in [-0.39, 0.29) is 17.0 Å². The molecule has 0 spiro atoms. The van der Waals surface area contributed by atoms with Crippen molar-refractivity contribution in [2.24, 2.45) is 0 Å². The number of sulfonamides is 1. The van der Waals surface area contributed by atoms with Crippen molar-refractivity contribution in [2.45, 2.75) is 25.3 Å². The topological polar surface area (TPSA) is 96.4 Å². The van der Waals surface area contributed by atoms with Gasteiger partial charge in [0, 0.05) is 6.20 Å². The molecule has 0 aliphatic carbocycles. The Morgan fingerprint density at radius 3 is 2.64 bits per heavy atom. The predicted octanol–water partition coefficient (Wildman–Crippen LogP) is 1.88. The molecule has 6 nitrogen and oxygen atoms in total. The molecule has 2 aromatic rings. The van der Waals surface area contributed by atoms with Crippen molar-refractivity contribution in [3.05, 3.63) is 58.9 Å². The number of nitrogens with zero attached hydrogens (tertiary/aromatic N) is 1. The Bertz CT molecular complexity index is 816. The molecule has 0 radical (unpaired) electrons. The molecule has 0 fully saturated rings. The number of carbonyl (C=O) groups is 1. The number of hydrogen-bond donors (Lipinski definition) is 2. The highest BCUT2D eigenvalue weighted by atomic mass is 32.2. The summed E-state index contributed by atoms with van der Waals surface area (Å²) >= 11 is 0. The lowest BCUT2D eigenvalue weighted by Gasteiger charge is -2.10. The molecule has 22 heavy (non-hydrogen) atoms.